The lowest BCUT2D eigenvalue weighted by atomic mass is 10.0. The van der Waals surface area contributed by atoms with Crippen LogP contribution in [0.5, 0.6) is 0 Å². The molecule has 0 saturated carbocycles. The summed E-state index contributed by atoms with van der Waals surface area (Å²) in [6.45, 7) is 3.37. The number of hydrogen-bond donors (Lipinski definition) is 3. The molecule has 148 valence electrons. The normalized spacial score (nSPS) is 11.6. The zero-order chi connectivity index (χ0) is 20.8. The number of nitro groups is 1. The molecule has 0 aliphatic heterocycles. The fraction of sp³-hybridized carbons (Fsp3) is 0.235. The molecule has 1 atom stereocenters. The van der Waals surface area contributed by atoms with E-state index in [1.807, 2.05) is 0 Å². The molecule has 0 unspecified atom stereocenters. The molecule has 1 heterocycles. The van der Waals surface area contributed by atoms with Crippen LogP contribution in [-0.2, 0) is 4.79 Å². The van der Waals surface area contributed by atoms with Crippen LogP contribution < -0.4 is 16.2 Å². The van der Waals surface area contributed by atoms with Gasteiger partial charge in [-0.1, -0.05) is 25.4 Å². The molecule has 0 bridgehead atoms. The van der Waals surface area contributed by atoms with Crippen molar-refractivity contribution < 1.29 is 23.7 Å². The van der Waals surface area contributed by atoms with Crippen LogP contribution in [-0.4, -0.2) is 28.7 Å². The standard InChI is InChI=1S/C17H17ClN4O6/c1-9(2)14(17(25)21-20-16(24)13-4-3-7-28-13)19-15(23)10-5-6-11(18)12(8-10)22(26)27/h3-9,14H,1-2H3,(H,19,23)(H,20,24)(H,21,25)/t14-/m0/s1. The number of nitrogens with zero attached hydrogens (tertiary/aromatic N) is 1. The molecule has 0 aliphatic rings. The fourth-order valence-electron chi connectivity index (χ4n) is 2.22. The molecule has 0 aliphatic carbocycles. The topological polar surface area (TPSA) is 144 Å². The summed E-state index contributed by atoms with van der Waals surface area (Å²) < 4.78 is 4.90. The van der Waals surface area contributed by atoms with Crippen molar-refractivity contribution in [2.45, 2.75) is 19.9 Å². The molecule has 2 rings (SSSR count). The Labute approximate surface area is 164 Å². The van der Waals surface area contributed by atoms with Gasteiger partial charge in [0.05, 0.1) is 11.2 Å². The SMILES string of the molecule is CC(C)[C@H](NC(=O)c1ccc(Cl)c([N+](=O)[O-])c1)C(=O)NNC(=O)c1ccco1. The molecule has 1 aromatic carbocycles. The van der Waals surface area contributed by atoms with Gasteiger partial charge in [-0.15, -0.1) is 0 Å². The Morgan fingerprint density at radius 3 is 2.43 bits per heavy atom. The zero-order valence-electron chi connectivity index (χ0n) is 14.9. The van der Waals surface area contributed by atoms with E-state index in [4.69, 9.17) is 16.0 Å². The molecule has 0 saturated heterocycles. The molecule has 28 heavy (non-hydrogen) atoms. The second-order valence-corrected chi connectivity index (χ2v) is 6.45. The highest BCUT2D eigenvalue weighted by Gasteiger charge is 2.26. The Morgan fingerprint density at radius 2 is 1.86 bits per heavy atom. The lowest BCUT2D eigenvalue weighted by molar-refractivity contribution is -0.384. The maximum absolute atomic E-state index is 12.4. The van der Waals surface area contributed by atoms with E-state index in [1.165, 1.54) is 30.5 Å². The van der Waals surface area contributed by atoms with E-state index < -0.39 is 34.4 Å². The number of carbonyl (C=O) groups is 3. The predicted octanol–water partition coefficient (Wildman–Crippen LogP) is 2.06. The third kappa shape index (κ3) is 5.07. The molecular weight excluding hydrogens is 392 g/mol. The van der Waals surface area contributed by atoms with Crippen molar-refractivity contribution in [3.63, 3.8) is 0 Å². The van der Waals surface area contributed by atoms with Gasteiger partial charge in [0.15, 0.2) is 5.76 Å². The molecule has 1 aromatic heterocycles. The Morgan fingerprint density at radius 1 is 1.14 bits per heavy atom. The highest BCUT2D eigenvalue weighted by atomic mass is 35.5. The first-order valence-corrected chi connectivity index (χ1v) is 8.47. The number of nitrogens with one attached hydrogen (secondary N) is 3. The number of nitro benzene ring substituents is 1. The minimum Gasteiger partial charge on any atom is -0.459 e. The molecule has 0 fully saturated rings. The Balaban J connectivity index is 2.06. The van der Waals surface area contributed by atoms with Gasteiger partial charge >= 0.3 is 5.91 Å². The van der Waals surface area contributed by atoms with E-state index in [0.717, 1.165) is 6.07 Å². The number of furan rings is 1. The van der Waals surface area contributed by atoms with E-state index in [0.29, 0.717) is 0 Å². The number of benzene rings is 1. The minimum atomic E-state index is -1.01. The van der Waals surface area contributed by atoms with Crippen molar-refractivity contribution >= 4 is 35.0 Å². The van der Waals surface area contributed by atoms with E-state index in [2.05, 4.69) is 16.2 Å². The number of amides is 3. The zero-order valence-corrected chi connectivity index (χ0v) is 15.6. The summed E-state index contributed by atoms with van der Waals surface area (Å²) in [6, 6.07) is 5.46. The lowest BCUT2D eigenvalue weighted by Crippen LogP contribution is -2.54. The van der Waals surface area contributed by atoms with Crippen LogP contribution in [0.3, 0.4) is 0 Å². The largest absolute Gasteiger partial charge is 0.459 e. The average molecular weight is 409 g/mol. The Kier molecular flexibility index (Phi) is 6.72. The van der Waals surface area contributed by atoms with E-state index in [-0.39, 0.29) is 22.3 Å². The maximum atomic E-state index is 12.4. The van der Waals surface area contributed by atoms with Crippen LogP contribution >= 0.6 is 11.6 Å². The summed E-state index contributed by atoms with van der Waals surface area (Å²) in [4.78, 5) is 46.8. The molecule has 10 nitrogen and oxygen atoms in total. The second kappa shape index (κ2) is 9.00. The van der Waals surface area contributed by atoms with Gasteiger partial charge in [-0.2, -0.15) is 0 Å². The maximum Gasteiger partial charge on any atom is 0.305 e. The Hall–Kier alpha value is -3.40. The van der Waals surface area contributed by atoms with Crippen LogP contribution in [0, 0.1) is 16.0 Å². The first kappa shape index (κ1) is 20.9. The minimum absolute atomic E-state index is 0.00101. The van der Waals surface area contributed by atoms with Crippen LogP contribution in [0.1, 0.15) is 34.8 Å². The molecule has 2 aromatic rings. The van der Waals surface area contributed by atoms with Crippen LogP contribution in [0.2, 0.25) is 5.02 Å². The van der Waals surface area contributed by atoms with Gasteiger partial charge in [-0.05, 0) is 30.2 Å². The van der Waals surface area contributed by atoms with Crippen molar-refractivity contribution in [1.29, 1.82) is 0 Å². The molecule has 0 radical (unpaired) electrons. The van der Waals surface area contributed by atoms with E-state index >= 15 is 0 Å². The van der Waals surface area contributed by atoms with E-state index in [9.17, 15) is 24.5 Å². The van der Waals surface area contributed by atoms with Gasteiger partial charge in [-0.3, -0.25) is 35.3 Å². The smallest absolute Gasteiger partial charge is 0.305 e. The number of hydrogen-bond acceptors (Lipinski definition) is 6. The summed E-state index contributed by atoms with van der Waals surface area (Å²) in [7, 11) is 0. The second-order valence-electron chi connectivity index (χ2n) is 6.04. The summed E-state index contributed by atoms with van der Waals surface area (Å²) in [5, 5.41) is 13.3. The summed E-state index contributed by atoms with van der Waals surface area (Å²) in [5.74, 6) is -2.39. The molecule has 11 heteroatoms. The first-order chi connectivity index (χ1) is 13.2. The van der Waals surface area contributed by atoms with Gasteiger partial charge in [0.2, 0.25) is 0 Å². The highest BCUT2D eigenvalue weighted by molar-refractivity contribution is 6.32. The molecule has 3 amide bonds. The summed E-state index contributed by atoms with van der Waals surface area (Å²) >= 11 is 5.73. The third-order valence-corrected chi connectivity index (χ3v) is 4.00. The number of carbonyl (C=O) groups excluding carboxylic acids is 3. The number of halogens is 1. The third-order valence-electron chi connectivity index (χ3n) is 3.68. The van der Waals surface area contributed by atoms with Crippen molar-refractivity contribution in [2.75, 3.05) is 0 Å². The predicted molar refractivity (Wildman–Crippen MR) is 98.5 cm³/mol. The first-order valence-electron chi connectivity index (χ1n) is 8.09. The van der Waals surface area contributed by atoms with Crippen molar-refractivity contribution in [3.8, 4) is 0 Å². The Bertz CT molecular complexity index is 897. The van der Waals surface area contributed by atoms with Crippen molar-refractivity contribution in [1.82, 2.24) is 16.2 Å². The van der Waals surface area contributed by atoms with Crippen molar-refractivity contribution in [3.05, 3.63) is 63.1 Å². The van der Waals surface area contributed by atoms with Crippen molar-refractivity contribution in [2.24, 2.45) is 5.92 Å². The van der Waals surface area contributed by atoms with Gasteiger partial charge in [0.25, 0.3) is 17.5 Å². The summed E-state index contributed by atoms with van der Waals surface area (Å²) in [5.41, 5.74) is 3.92. The highest BCUT2D eigenvalue weighted by Crippen LogP contribution is 2.25. The summed E-state index contributed by atoms with van der Waals surface area (Å²) in [6.07, 6.45) is 1.30. The molecule has 3 N–H and O–H groups in total. The van der Waals surface area contributed by atoms with Crippen LogP contribution in [0.15, 0.2) is 41.0 Å². The van der Waals surface area contributed by atoms with Gasteiger partial charge in [0.1, 0.15) is 11.1 Å². The molecule has 0 spiro atoms. The monoisotopic (exact) mass is 408 g/mol. The van der Waals surface area contributed by atoms with E-state index in [1.54, 1.807) is 13.8 Å². The number of rotatable bonds is 6. The lowest BCUT2D eigenvalue weighted by Gasteiger charge is -2.21. The van der Waals surface area contributed by atoms with Gasteiger partial charge in [0, 0.05) is 11.6 Å². The van der Waals surface area contributed by atoms with Gasteiger partial charge in [-0.25, -0.2) is 0 Å². The van der Waals surface area contributed by atoms with Gasteiger partial charge < -0.3 is 9.73 Å². The van der Waals surface area contributed by atoms with Crippen LogP contribution in [0.4, 0.5) is 5.69 Å². The number of hydrazine groups is 1. The fourth-order valence-corrected chi connectivity index (χ4v) is 2.41. The quantitative estimate of drug-likeness (QED) is 0.493. The average Bonchev–Trinajstić information content (AvgIpc) is 3.18. The van der Waals surface area contributed by atoms with Crippen LogP contribution in [0.25, 0.3) is 0 Å². The molecular formula is C17H17ClN4O6.